The van der Waals surface area contributed by atoms with Crippen LogP contribution in [-0.4, -0.2) is 13.2 Å². The molecule has 0 spiro atoms. The number of rotatable bonds is 0. The molecule has 0 atom stereocenters. The molecule has 0 aromatic rings. The molecule has 0 aromatic heterocycles. The summed E-state index contributed by atoms with van der Waals surface area (Å²) in [4.78, 5) is 0. The van der Waals surface area contributed by atoms with Gasteiger partial charge in [-0.05, 0) is 24.5 Å². The van der Waals surface area contributed by atoms with E-state index in [0.29, 0.717) is 0 Å². The van der Waals surface area contributed by atoms with Crippen LogP contribution in [0.3, 0.4) is 0 Å². The van der Waals surface area contributed by atoms with Crippen molar-refractivity contribution in [3.63, 3.8) is 0 Å². The van der Waals surface area contributed by atoms with Crippen molar-refractivity contribution in [2.24, 2.45) is 0 Å². The second-order valence-electron chi connectivity index (χ2n) is 3.46. The standard InChI is InChI=1S/C12H14O/c1-10-4-2-3-5-11-6-7-13-9-12(11)8-10/h2-5,8H,6-7,9H2,1H3/b3-2?,4-2-,5-3-,10-4?,10-8-,11-5?,12-8?. The molecule has 68 valence electrons. The summed E-state index contributed by atoms with van der Waals surface area (Å²) in [5, 5.41) is 0. The van der Waals surface area contributed by atoms with Crippen molar-refractivity contribution in [2.45, 2.75) is 13.3 Å². The summed E-state index contributed by atoms with van der Waals surface area (Å²) in [5.41, 5.74) is 4.06. The van der Waals surface area contributed by atoms with Crippen molar-refractivity contribution in [2.75, 3.05) is 13.2 Å². The predicted molar refractivity (Wildman–Crippen MR) is 54.5 cm³/mol. The van der Waals surface area contributed by atoms with Crippen LogP contribution in [0.4, 0.5) is 0 Å². The van der Waals surface area contributed by atoms with E-state index >= 15 is 0 Å². The molecule has 0 fully saturated rings. The van der Waals surface area contributed by atoms with Gasteiger partial charge in [0.2, 0.25) is 0 Å². The lowest BCUT2D eigenvalue weighted by atomic mass is 9.99. The number of allylic oxidation sites excluding steroid dienone is 5. The summed E-state index contributed by atoms with van der Waals surface area (Å²) in [6.07, 6.45) is 11.8. The van der Waals surface area contributed by atoms with E-state index in [2.05, 4.69) is 37.3 Å². The Morgan fingerprint density at radius 2 is 2.00 bits per heavy atom. The van der Waals surface area contributed by atoms with Gasteiger partial charge in [-0.3, -0.25) is 0 Å². The SMILES string of the molecule is CC1=C/C2=C(\C=C/C=C\1)CCOC2. The van der Waals surface area contributed by atoms with E-state index in [4.69, 9.17) is 4.74 Å². The van der Waals surface area contributed by atoms with Crippen LogP contribution < -0.4 is 0 Å². The number of hydrogen-bond acceptors (Lipinski definition) is 1. The molecule has 0 saturated carbocycles. The van der Waals surface area contributed by atoms with Crippen molar-refractivity contribution >= 4 is 0 Å². The van der Waals surface area contributed by atoms with E-state index < -0.39 is 0 Å². The molecule has 0 saturated heterocycles. The molecule has 13 heavy (non-hydrogen) atoms. The Balaban J connectivity index is 2.36. The molecule has 1 aliphatic carbocycles. The summed E-state index contributed by atoms with van der Waals surface area (Å²) < 4.78 is 5.42. The van der Waals surface area contributed by atoms with E-state index in [1.54, 1.807) is 0 Å². The van der Waals surface area contributed by atoms with Gasteiger partial charge in [-0.25, -0.2) is 0 Å². The van der Waals surface area contributed by atoms with Crippen molar-refractivity contribution in [3.8, 4) is 0 Å². The van der Waals surface area contributed by atoms with E-state index in [9.17, 15) is 0 Å². The number of ether oxygens (including phenoxy) is 1. The average Bonchev–Trinajstić information content (AvgIpc) is 2.11. The van der Waals surface area contributed by atoms with Gasteiger partial charge in [0.1, 0.15) is 0 Å². The fraction of sp³-hybridized carbons (Fsp3) is 0.333. The summed E-state index contributed by atoms with van der Waals surface area (Å²) in [5.74, 6) is 0. The van der Waals surface area contributed by atoms with E-state index in [1.807, 2.05) is 0 Å². The highest BCUT2D eigenvalue weighted by molar-refractivity contribution is 5.42. The fourth-order valence-electron chi connectivity index (χ4n) is 1.64. The topological polar surface area (TPSA) is 9.23 Å². The van der Waals surface area contributed by atoms with Crippen LogP contribution in [0, 0.1) is 0 Å². The van der Waals surface area contributed by atoms with Crippen LogP contribution in [0.5, 0.6) is 0 Å². The molecule has 0 unspecified atom stereocenters. The van der Waals surface area contributed by atoms with E-state index in [1.165, 1.54) is 16.7 Å². The summed E-state index contributed by atoms with van der Waals surface area (Å²) >= 11 is 0. The maximum absolute atomic E-state index is 5.42. The minimum absolute atomic E-state index is 0.769. The minimum atomic E-state index is 0.769. The molecule has 0 radical (unpaired) electrons. The van der Waals surface area contributed by atoms with Crippen LogP contribution in [0.2, 0.25) is 0 Å². The van der Waals surface area contributed by atoms with Gasteiger partial charge in [0.05, 0.1) is 13.2 Å². The van der Waals surface area contributed by atoms with Gasteiger partial charge < -0.3 is 4.74 Å². The highest BCUT2D eigenvalue weighted by atomic mass is 16.5. The molecule has 1 aliphatic heterocycles. The zero-order chi connectivity index (χ0) is 9.10. The Morgan fingerprint density at radius 3 is 2.92 bits per heavy atom. The van der Waals surface area contributed by atoms with Crippen molar-refractivity contribution in [1.82, 2.24) is 0 Å². The molecular formula is C12H14O. The first-order chi connectivity index (χ1) is 6.36. The molecule has 0 bridgehead atoms. The van der Waals surface area contributed by atoms with Gasteiger partial charge in [-0.2, -0.15) is 0 Å². The maximum Gasteiger partial charge on any atom is 0.0719 e. The Morgan fingerprint density at radius 1 is 1.15 bits per heavy atom. The Hall–Kier alpha value is -1.08. The molecular weight excluding hydrogens is 160 g/mol. The van der Waals surface area contributed by atoms with Gasteiger partial charge in [0.15, 0.2) is 0 Å². The first-order valence-corrected chi connectivity index (χ1v) is 4.69. The third kappa shape index (κ3) is 1.99. The van der Waals surface area contributed by atoms with Crippen LogP contribution in [0.1, 0.15) is 13.3 Å². The molecule has 2 rings (SSSR count). The third-order valence-electron chi connectivity index (χ3n) is 2.36. The number of hydrogen-bond donors (Lipinski definition) is 0. The lowest BCUT2D eigenvalue weighted by Gasteiger charge is -2.17. The van der Waals surface area contributed by atoms with Crippen LogP contribution >= 0.6 is 0 Å². The lowest BCUT2D eigenvalue weighted by molar-refractivity contribution is 0.150. The van der Waals surface area contributed by atoms with Crippen molar-refractivity contribution < 1.29 is 4.74 Å². The first kappa shape index (κ1) is 8.52. The molecule has 0 amide bonds. The first-order valence-electron chi connectivity index (χ1n) is 4.69. The molecule has 2 aliphatic rings. The van der Waals surface area contributed by atoms with Crippen LogP contribution in [0.25, 0.3) is 0 Å². The smallest absolute Gasteiger partial charge is 0.0719 e. The second-order valence-corrected chi connectivity index (χ2v) is 3.46. The summed E-state index contributed by atoms with van der Waals surface area (Å²) in [6.45, 7) is 3.75. The van der Waals surface area contributed by atoms with E-state index in [-0.39, 0.29) is 0 Å². The van der Waals surface area contributed by atoms with Gasteiger partial charge in [-0.1, -0.05) is 36.0 Å². The normalized spacial score (nSPS) is 31.0. The van der Waals surface area contributed by atoms with Crippen LogP contribution in [0.15, 0.2) is 47.1 Å². The molecule has 1 heteroatoms. The third-order valence-corrected chi connectivity index (χ3v) is 2.36. The zero-order valence-corrected chi connectivity index (χ0v) is 7.92. The summed E-state index contributed by atoms with van der Waals surface area (Å²) in [7, 11) is 0. The zero-order valence-electron chi connectivity index (χ0n) is 7.92. The summed E-state index contributed by atoms with van der Waals surface area (Å²) in [6, 6.07) is 0. The quantitative estimate of drug-likeness (QED) is 0.548. The van der Waals surface area contributed by atoms with Crippen LogP contribution in [-0.2, 0) is 4.74 Å². The average molecular weight is 174 g/mol. The molecule has 1 heterocycles. The van der Waals surface area contributed by atoms with Crippen molar-refractivity contribution in [3.05, 3.63) is 47.1 Å². The van der Waals surface area contributed by atoms with Crippen molar-refractivity contribution in [1.29, 1.82) is 0 Å². The van der Waals surface area contributed by atoms with Gasteiger partial charge in [0.25, 0.3) is 0 Å². The maximum atomic E-state index is 5.42. The highest BCUT2D eigenvalue weighted by Gasteiger charge is 2.09. The van der Waals surface area contributed by atoms with Gasteiger partial charge in [-0.15, -0.1) is 0 Å². The molecule has 1 nitrogen and oxygen atoms in total. The fourth-order valence-corrected chi connectivity index (χ4v) is 1.64. The Bertz CT molecular complexity index is 316. The highest BCUT2D eigenvalue weighted by Crippen LogP contribution is 2.20. The second kappa shape index (κ2) is 3.75. The largest absolute Gasteiger partial charge is 0.376 e. The Labute approximate surface area is 79.1 Å². The lowest BCUT2D eigenvalue weighted by Crippen LogP contribution is -2.09. The Kier molecular flexibility index (Phi) is 2.46. The predicted octanol–water partition coefficient (Wildman–Crippen LogP) is 2.78. The van der Waals surface area contributed by atoms with Gasteiger partial charge >= 0.3 is 0 Å². The minimum Gasteiger partial charge on any atom is -0.376 e. The van der Waals surface area contributed by atoms with Gasteiger partial charge in [0, 0.05) is 0 Å². The van der Waals surface area contributed by atoms with E-state index in [0.717, 1.165) is 19.6 Å². The molecule has 0 N–H and O–H groups in total. The monoisotopic (exact) mass is 174 g/mol. The molecule has 0 aromatic carbocycles.